The zero-order valence-corrected chi connectivity index (χ0v) is 14.1. The van der Waals surface area contributed by atoms with E-state index in [1.807, 2.05) is 22.4 Å². The fourth-order valence-electron chi connectivity index (χ4n) is 2.27. The maximum Gasteiger partial charge on any atom is 0.236 e. The Bertz CT molecular complexity index is 642. The standard InChI is InChI=1S/C18H21FN2OS/c1-3-10-21(13-16-8-6-11-23-16)14-18(22)20(2)12-15-7-4-5-9-17(15)19/h3-9,11H,1,10,12-14H2,2H3. The lowest BCUT2D eigenvalue weighted by Crippen LogP contribution is -2.38. The molecule has 5 heteroatoms. The van der Waals surface area contributed by atoms with Crippen LogP contribution in [-0.4, -0.2) is 35.8 Å². The molecule has 0 aliphatic heterocycles. The molecule has 0 atom stereocenters. The van der Waals surface area contributed by atoms with Gasteiger partial charge in [-0.25, -0.2) is 4.39 Å². The normalized spacial score (nSPS) is 10.7. The van der Waals surface area contributed by atoms with E-state index in [9.17, 15) is 9.18 Å². The molecule has 1 aromatic carbocycles. The molecule has 0 bridgehead atoms. The predicted octanol–water partition coefficient (Wildman–Crippen LogP) is 3.53. The molecular formula is C18H21FN2OS. The van der Waals surface area contributed by atoms with Crippen LogP contribution in [0.5, 0.6) is 0 Å². The van der Waals surface area contributed by atoms with Crippen LogP contribution in [0.4, 0.5) is 4.39 Å². The van der Waals surface area contributed by atoms with Gasteiger partial charge in [0.25, 0.3) is 0 Å². The Morgan fingerprint density at radius 2 is 2.04 bits per heavy atom. The number of carbonyl (C=O) groups excluding carboxylic acids is 1. The zero-order valence-electron chi connectivity index (χ0n) is 13.2. The fraction of sp³-hybridized carbons (Fsp3) is 0.278. The van der Waals surface area contributed by atoms with Gasteiger partial charge in [0.2, 0.25) is 5.91 Å². The first-order valence-corrected chi connectivity index (χ1v) is 8.31. The summed E-state index contributed by atoms with van der Waals surface area (Å²) in [5.74, 6) is -0.319. The fourth-order valence-corrected chi connectivity index (χ4v) is 3.02. The molecule has 0 radical (unpaired) electrons. The van der Waals surface area contributed by atoms with Gasteiger partial charge in [0, 0.05) is 37.1 Å². The Kier molecular flexibility index (Phi) is 6.50. The molecule has 2 aromatic rings. The molecule has 0 saturated heterocycles. The van der Waals surface area contributed by atoms with Crippen LogP contribution in [-0.2, 0) is 17.9 Å². The van der Waals surface area contributed by atoms with Crippen LogP contribution in [0, 0.1) is 5.82 Å². The molecule has 0 aliphatic carbocycles. The minimum Gasteiger partial charge on any atom is -0.340 e. The highest BCUT2D eigenvalue weighted by molar-refractivity contribution is 7.09. The van der Waals surface area contributed by atoms with Crippen LogP contribution in [0.15, 0.2) is 54.4 Å². The quantitative estimate of drug-likeness (QED) is 0.691. The van der Waals surface area contributed by atoms with Crippen LogP contribution in [0.1, 0.15) is 10.4 Å². The molecule has 0 fully saturated rings. The molecule has 0 aliphatic rings. The van der Waals surface area contributed by atoms with E-state index in [-0.39, 0.29) is 24.8 Å². The Balaban J connectivity index is 1.94. The summed E-state index contributed by atoms with van der Waals surface area (Å²) in [5, 5.41) is 2.02. The van der Waals surface area contributed by atoms with Gasteiger partial charge >= 0.3 is 0 Å². The summed E-state index contributed by atoms with van der Waals surface area (Å²) in [7, 11) is 1.70. The second-order valence-corrected chi connectivity index (χ2v) is 6.41. The van der Waals surface area contributed by atoms with Crippen LogP contribution in [0.25, 0.3) is 0 Å². The number of benzene rings is 1. The van der Waals surface area contributed by atoms with Crippen molar-refractivity contribution < 1.29 is 9.18 Å². The van der Waals surface area contributed by atoms with Crippen molar-refractivity contribution in [1.82, 2.24) is 9.80 Å². The minimum absolute atomic E-state index is 0.0355. The highest BCUT2D eigenvalue weighted by Crippen LogP contribution is 2.13. The first-order valence-electron chi connectivity index (χ1n) is 7.43. The van der Waals surface area contributed by atoms with Gasteiger partial charge in [0.05, 0.1) is 6.54 Å². The molecule has 3 nitrogen and oxygen atoms in total. The second kappa shape index (κ2) is 8.60. The SMILES string of the molecule is C=CCN(CC(=O)N(C)Cc1ccccc1F)Cc1cccs1. The van der Waals surface area contributed by atoms with Crippen molar-refractivity contribution in [3.05, 3.63) is 70.7 Å². The molecule has 1 amide bonds. The molecule has 0 N–H and O–H groups in total. The summed E-state index contributed by atoms with van der Waals surface area (Å²) in [6.45, 7) is 5.65. The van der Waals surface area contributed by atoms with E-state index >= 15 is 0 Å². The number of halogens is 1. The van der Waals surface area contributed by atoms with Gasteiger partial charge < -0.3 is 4.90 Å². The minimum atomic E-state index is -0.284. The lowest BCUT2D eigenvalue weighted by molar-refractivity contribution is -0.131. The van der Waals surface area contributed by atoms with Gasteiger partial charge in [-0.2, -0.15) is 0 Å². The highest BCUT2D eigenvalue weighted by Gasteiger charge is 2.15. The molecule has 1 aromatic heterocycles. The number of hydrogen-bond donors (Lipinski definition) is 0. The smallest absolute Gasteiger partial charge is 0.236 e. The van der Waals surface area contributed by atoms with Gasteiger partial charge in [0.1, 0.15) is 5.82 Å². The molecular weight excluding hydrogens is 311 g/mol. The Hall–Kier alpha value is -1.98. The van der Waals surface area contributed by atoms with Crippen LogP contribution in [0.3, 0.4) is 0 Å². The molecule has 122 valence electrons. The van der Waals surface area contributed by atoms with Crippen molar-refractivity contribution in [3.8, 4) is 0 Å². The van der Waals surface area contributed by atoms with Crippen molar-refractivity contribution >= 4 is 17.2 Å². The number of thiophene rings is 1. The highest BCUT2D eigenvalue weighted by atomic mass is 32.1. The summed E-state index contributed by atoms with van der Waals surface area (Å²) >= 11 is 1.67. The summed E-state index contributed by atoms with van der Waals surface area (Å²) in [6.07, 6.45) is 1.79. The van der Waals surface area contributed by atoms with E-state index in [1.165, 1.54) is 10.9 Å². The van der Waals surface area contributed by atoms with Crippen molar-refractivity contribution in [1.29, 1.82) is 0 Å². The van der Waals surface area contributed by atoms with Gasteiger partial charge in [0.15, 0.2) is 0 Å². The third-order valence-corrected chi connectivity index (χ3v) is 4.36. The van der Waals surface area contributed by atoms with Gasteiger partial charge in [-0.05, 0) is 17.5 Å². The van der Waals surface area contributed by atoms with E-state index in [2.05, 4.69) is 6.58 Å². The van der Waals surface area contributed by atoms with Crippen molar-refractivity contribution in [3.63, 3.8) is 0 Å². The Labute approximate surface area is 140 Å². The molecule has 23 heavy (non-hydrogen) atoms. The molecule has 0 spiro atoms. The number of nitrogens with zero attached hydrogens (tertiary/aromatic N) is 2. The van der Waals surface area contributed by atoms with E-state index in [0.29, 0.717) is 18.7 Å². The molecule has 1 heterocycles. The average Bonchev–Trinajstić information content (AvgIpc) is 3.02. The van der Waals surface area contributed by atoms with Gasteiger partial charge in [-0.1, -0.05) is 30.3 Å². The Morgan fingerprint density at radius 1 is 1.26 bits per heavy atom. The summed E-state index contributed by atoms with van der Waals surface area (Å²) in [6, 6.07) is 10.6. The summed E-state index contributed by atoms with van der Waals surface area (Å²) < 4.78 is 13.7. The van der Waals surface area contributed by atoms with Crippen molar-refractivity contribution in [2.45, 2.75) is 13.1 Å². The largest absolute Gasteiger partial charge is 0.340 e. The lowest BCUT2D eigenvalue weighted by atomic mass is 10.2. The summed E-state index contributed by atoms with van der Waals surface area (Å²) in [4.78, 5) is 17.2. The monoisotopic (exact) mass is 332 g/mol. The molecule has 0 saturated carbocycles. The van der Waals surface area contributed by atoms with Crippen molar-refractivity contribution in [2.24, 2.45) is 0 Å². The van der Waals surface area contributed by atoms with E-state index in [1.54, 1.807) is 47.6 Å². The maximum absolute atomic E-state index is 13.7. The lowest BCUT2D eigenvalue weighted by Gasteiger charge is -2.24. The summed E-state index contributed by atoms with van der Waals surface area (Å²) in [5.41, 5.74) is 0.525. The first-order chi connectivity index (χ1) is 11.1. The van der Waals surface area contributed by atoms with Crippen molar-refractivity contribution in [2.75, 3.05) is 20.1 Å². The van der Waals surface area contributed by atoms with Gasteiger partial charge in [-0.15, -0.1) is 17.9 Å². The third kappa shape index (κ3) is 5.30. The van der Waals surface area contributed by atoms with E-state index < -0.39 is 0 Å². The topological polar surface area (TPSA) is 23.6 Å². The number of rotatable bonds is 8. The maximum atomic E-state index is 13.7. The number of carbonyl (C=O) groups is 1. The van der Waals surface area contributed by atoms with Crippen LogP contribution in [0.2, 0.25) is 0 Å². The van der Waals surface area contributed by atoms with E-state index in [0.717, 1.165) is 0 Å². The van der Waals surface area contributed by atoms with Gasteiger partial charge in [-0.3, -0.25) is 9.69 Å². The number of hydrogen-bond acceptors (Lipinski definition) is 3. The Morgan fingerprint density at radius 3 is 2.70 bits per heavy atom. The predicted molar refractivity (Wildman–Crippen MR) is 92.7 cm³/mol. The average molecular weight is 332 g/mol. The number of amides is 1. The zero-order chi connectivity index (χ0) is 16.7. The number of likely N-dealkylation sites (N-methyl/N-ethyl adjacent to an activating group) is 1. The van der Waals surface area contributed by atoms with E-state index in [4.69, 9.17) is 0 Å². The van der Waals surface area contributed by atoms with Crippen LogP contribution >= 0.6 is 11.3 Å². The third-order valence-electron chi connectivity index (χ3n) is 3.50. The first kappa shape index (κ1) is 17.4. The second-order valence-electron chi connectivity index (χ2n) is 5.38. The van der Waals surface area contributed by atoms with Crippen LogP contribution < -0.4 is 0 Å². The molecule has 0 unspecified atom stereocenters. The molecule has 2 rings (SSSR count).